The first-order chi connectivity index (χ1) is 8.51. The van der Waals surface area contributed by atoms with Gasteiger partial charge in [-0.05, 0) is 38.8 Å². The van der Waals surface area contributed by atoms with Gasteiger partial charge in [-0.2, -0.15) is 0 Å². The predicted octanol–water partition coefficient (Wildman–Crippen LogP) is 0.995. The van der Waals surface area contributed by atoms with Crippen molar-refractivity contribution in [2.45, 2.75) is 38.6 Å². The molecule has 1 amide bonds. The highest BCUT2D eigenvalue weighted by molar-refractivity contribution is 7.80. The van der Waals surface area contributed by atoms with Crippen molar-refractivity contribution in [3.8, 4) is 0 Å². The van der Waals surface area contributed by atoms with Crippen LogP contribution in [0.1, 0.15) is 32.6 Å². The fourth-order valence-electron chi connectivity index (χ4n) is 2.97. The molecule has 5 heteroatoms. The number of amides is 1. The van der Waals surface area contributed by atoms with Gasteiger partial charge < -0.3 is 10.6 Å². The van der Waals surface area contributed by atoms with Crippen molar-refractivity contribution in [3.05, 3.63) is 0 Å². The molecule has 0 bridgehead atoms. The van der Waals surface area contributed by atoms with Crippen LogP contribution < -0.4 is 5.73 Å². The Morgan fingerprint density at radius 3 is 2.72 bits per heavy atom. The smallest absolute Gasteiger partial charge is 0.235 e. The lowest BCUT2D eigenvalue weighted by molar-refractivity contribution is -0.133. The molecular formula is C13H23N3OS. The number of hydrogen-bond acceptors (Lipinski definition) is 3. The fourth-order valence-corrected chi connectivity index (χ4v) is 3.26. The molecule has 2 fully saturated rings. The molecule has 2 rings (SSSR count). The first-order valence-electron chi connectivity index (χ1n) is 6.81. The normalized spacial score (nSPS) is 26.0. The van der Waals surface area contributed by atoms with Crippen LogP contribution in [0.5, 0.6) is 0 Å². The minimum atomic E-state index is -0.500. The molecule has 1 aliphatic carbocycles. The summed E-state index contributed by atoms with van der Waals surface area (Å²) in [6.07, 6.45) is 4.08. The summed E-state index contributed by atoms with van der Waals surface area (Å²) < 4.78 is 0. The van der Waals surface area contributed by atoms with Crippen molar-refractivity contribution in [1.29, 1.82) is 0 Å². The van der Waals surface area contributed by atoms with E-state index < -0.39 is 5.41 Å². The number of nitrogens with zero attached hydrogens (tertiary/aromatic N) is 2. The van der Waals surface area contributed by atoms with Crippen LogP contribution in [0.25, 0.3) is 0 Å². The highest BCUT2D eigenvalue weighted by Crippen LogP contribution is 2.47. The molecule has 0 aromatic carbocycles. The molecule has 1 aliphatic heterocycles. The van der Waals surface area contributed by atoms with Gasteiger partial charge in [0.05, 0.1) is 10.4 Å². The van der Waals surface area contributed by atoms with E-state index in [1.54, 1.807) is 0 Å². The molecule has 0 aromatic heterocycles. The predicted molar refractivity (Wildman–Crippen MR) is 76.4 cm³/mol. The number of thiocarbonyl (C=S) groups is 1. The van der Waals surface area contributed by atoms with Gasteiger partial charge in [-0.25, -0.2) is 0 Å². The van der Waals surface area contributed by atoms with Crippen molar-refractivity contribution in [2.24, 2.45) is 11.1 Å². The van der Waals surface area contributed by atoms with Crippen LogP contribution >= 0.6 is 12.2 Å². The number of hydrogen-bond donors (Lipinski definition) is 1. The average molecular weight is 269 g/mol. The molecule has 18 heavy (non-hydrogen) atoms. The third-order valence-corrected chi connectivity index (χ3v) is 4.76. The van der Waals surface area contributed by atoms with Crippen LogP contribution in [0, 0.1) is 5.41 Å². The minimum Gasteiger partial charge on any atom is -0.392 e. The standard InChI is InChI=1S/C13H23N3OS/c1-3-16-8-4-5-10(16)9-15(2)12(17)13(6-7-13)11(14)18/h10H,3-9H2,1-2H3,(H2,14,18). The third-order valence-electron chi connectivity index (χ3n) is 4.37. The maximum Gasteiger partial charge on any atom is 0.235 e. The molecule has 2 aliphatic rings. The zero-order valence-corrected chi connectivity index (χ0v) is 12.1. The zero-order valence-electron chi connectivity index (χ0n) is 11.3. The van der Waals surface area contributed by atoms with E-state index >= 15 is 0 Å². The van der Waals surface area contributed by atoms with E-state index in [-0.39, 0.29) is 5.91 Å². The van der Waals surface area contributed by atoms with E-state index in [9.17, 15) is 4.79 Å². The molecule has 2 N–H and O–H groups in total. The Morgan fingerprint density at radius 2 is 2.22 bits per heavy atom. The topological polar surface area (TPSA) is 49.6 Å². The zero-order chi connectivity index (χ0) is 13.3. The second-order valence-electron chi connectivity index (χ2n) is 5.56. The summed E-state index contributed by atoms with van der Waals surface area (Å²) in [6, 6.07) is 0.506. The molecular weight excluding hydrogens is 246 g/mol. The molecule has 1 saturated carbocycles. The fraction of sp³-hybridized carbons (Fsp3) is 0.846. The third kappa shape index (κ3) is 2.38. The summed E-state index contributed by atoms with van der Waals surface area (Å²) in [6.45, 7) is 5.20. The Hall–Kier alpha value is -0.680. The van der Waals surface area contributed by atoms with Gasteiger partial charge in [0.1, 0.15) is 0 Å². The molecule has 1 unspecified atom stereocenters. The van der Waals surface area contributed by atoms with E-state index in [1.165, 1.54) is 12.8 Å². The second-order valence-corrected chi connectivity index (χ2v) is 6.00. The highest BCUT2D eigenvalue weighted by Gasteiger charge is 2.54. The quantitative estimate of drug-likeness (QED) is 0.756. The summed E-state index contributed by atoms with van der Waals surface area (Å²) in [5.74, 6) is 0.123. The molecule has 1 atom stereocenters. The summed E-state index contributed by atoms with van der Waals surface area (Å²) in [5, 5.41) is 0. The molecule has 102 valence electrons. The van der Waals surface area contributed by atoms with Gasteiger partial charge in [0.15, 0.2) is 0 Å². The summed E-state index contributed by atoms with van der Waals surface area (Å²) in [5.41, 5.74) is 5.21. The SMILES string of the molecule is CCN1CCCC1CN(C)C(=O)C1(C(N)=S)CC1. The monoisotopic (exact) mass is 269 g/mol. The summed E-state index contributed by atoms with van der Waals surface area (Å²) in [7, 11) is 1.88. The molecule has 4 nitrogen and oxygen atoms in total. The molecule has 0 radical (unpaired) electrons. The van der Waals surface area contributed by atoms with Crippen LogP contribution in [0.15, 0.2) is 0 Å². The molecule has 0 spiro atoms. The van der Waals surface area contributed by atoms with Crippen LogP contribution in [0.2, 0.25) is 0 Å². The number of likely N-dealkylation sites (tertiary alicyclic amines) is 1. The van der Waals surface area contributed by atoms with Crippen molar-refractivity contribution in [1.82, 2.24) is 9.80 Å². The number of likely N-dealkylation sites (N-methyl/N-ethyl adjacent to an activating group) is 2. The maximum atomic E-state index is 12.4. The van der Waals surface area contributed by atoms with Crippen molar-refractivity contribution in [2.75, 3.05) is 26.7 Å². The number of rotatable bonds is 5. The van der Waals surface area contributed by atoms with E-state index in [4.69, 9.17) is 18.0 Å². The largest absolute Gasteiger partial charge is 0.392 e. The lowest BCUT2D eigenvalue weighted by Crippen LogP contribution is -2.46. The highest BCUT2D eigenvalue weighted by atomic mass is 32.1. The minimum absolute atomic E-state index is 0.123. The first-order valence-corrected chi connectivity index (χ1v) is 7.21. The van der Waals surface area contributed by atoms with Gasteiger partial charge in [-0.3, -0.25) is 9.69 Å². The van der Waals surface area contributed by atoms with Crippen LogP contribution in [-0.2, 0) is 4.79 Å². The van der Waals surface area contributed by atoms with Gasteiger partial charge in [0.25, 0.3) is 0 Å². The first kappa shape index (κ1) is 13.7. The average Bonchev–Trinajstić information content (AvgIpc) is 3.04. The molecule has 1 heterocycles. The summed E-state index contributed by atoms with van der Waals surface area (Å²) in [4.78, 5) is 17.1. The van der Waals surface area contributed by atoms with E-state index in [1.807, 2.05) is 11.9 Å². The van der Waals surface area contributed by atoms with Crippen LogP contribution in [0.3, 0.4) is 0 Å². The Labute approximate surface area is 114 Å². The van der Waals surface area contributed by atoms with E-state index in [0.717, 1.165) is 32.5 Å². The van der Waals surface area contributed by atoms with Crippen molar-refractivity contribution >= 4 is 23.1 Å². The Bertz CT molecular complexity index is 354. The van der Waals surface area contributed by atoms with E-state index in [0.29, 0.717) is 11.0 Å². The van der Waals surface area contributed by atoms with Crippen molar-refractivity contribution < 1.29 is 4.79 Å². The van der Waals surface area contributed by atoms with Gasteiger partial charge in [0.2, 0.25) is 5.91 Å². The van der Waals surface area contributed by atoms with Gasteiger partial charge in [-0.15, -0.1) is 0 Å². The van der Waals surface area contributed by atoms with Crippen LogP contribution in [0.4, 0.5) is 0 Å². The molecule has 0 aromatic rings. The maximum absolute atomic E-state index is 12.4. The Kier molecular flexibility index (Phi) is 3.92. The van der Waals surface area contributed by atoms with Gasteiger partial charge in [-0.1, -0.05) is 19.1 Å². The van der Waals surface area contributed by atoms with Crippen LogP contribution in [-0.4, -0.2) is 53.4 Å². The Balaban J connectivity index is 1.94. The lowest BCUT2D eigenvalue weighted by atomic mass is 10.1. The molecule has 1 saturated heterocycles. The summed E-state index contributed by atoms with van der Waals surface area (Å²) >= 11 is 5.04. The van der Waals surface area contributed by atoms with Gasteiger partial charge >= 0.3 is 0 Å². The van der Waals surface area contributed by atoms with Crippen molar-refractivity contribution in [3.63, 3.8) is 0 Å². The van der Waals surface area contributed by atoms with Gasteiger partial charge in [0, 0.05) is 19.6 Å². The van der Waals surface area contributed by atoms with E-state index in [2.05, 4.69) is 11.8 Å². The lowest BCUT2D eigenvalue weighted by Gasteiger charge is -2.29. The number of carbonyl (C=O) groups is 1. The Morgan fingerprint density at radius 1 is 1.56 bits per heavy atom. The second kappa shape index (κ2) is 5.13. The number of nitrogens with two attached hydrogens (primary N) is 1. The number of carbonyl (C=O) groups excluding carboxylic acids is 1.